The maximum absolute atomic E-state index is 13.0. The lowest BCUT2D eigenvalue weighted by Gasteiger charge is -2.13. The molecule has 4 nitrogen and oxygen atoms in total. The van der Waals surface area contributed by atoms with Crippen LogP contribution < -0.4 is 5.32 Å². The van der Waals surface area contributed by atoms with Crippen LogP contribution in [-0.2, 0) is 6.54 Å². The molecule has 0 aliphatic carbocycles. The minimum absolute atomic E-state index is 0.124. The summed E-state index contributed by atoms with van der Waals surface area (Å²) in [5, 5.41) is 2.91. The number of carbonyl (C=O) groups excluding carboxylic acids is 2. The molecule has 0 fully saturated rings. The number of benzene rings is 3. The summed E-state index contributed by atoms with van der Waals surface area (Å²) in [6.07, 6.45) is 1.88. The number of rotatable bonds is 6. The molecule has 0 saturated carbocycles. The van der Waals surface area contributed by atoms with E-state index >= 15 is 0 Å². The van der Waals surface area contributed by atoms with Crippen LogP contribution in [0.4, 0.5) is 5.69 Å². The molecule has 4 rings (SSSR count). The first-order valence-corrected chi connectivity index (χ1v) is 9.41. The first-order valence-electron chi connectivity index (χ1n) is 9.41. The Morgan fingerprint density at radius 3 is 2.14 bits per heavy atom. The average molecular weight is 380 g/mol. The van der Waals surface area contributed by atoms with E-state index in [2.05, 4.69) is 5.32 Å². The lowest BCUT2D eigenvalue weighted by atomic mass is 10.0. The molecule has 0 radical (unpaired) electrons. The molecular formula is C25H20N2O2. The number of carbonyl (C=O) groups is 2. The molecule has 0 atom stereocenters. The van der Waals surface area contributed by atoms with Gasteiger partial charge < -0.3 is 9.88 Å². The van der Waals surface area contributed by atoms with E-state index in [4.69, 9.17) is 0 Å². The van der Waals surface area contributed by atoms with Gasteiger partial charge >= 0.3 is 0 Å². The van der Waals surface area contributed by atoms with Gasteiger partial charge in [-0.05, 0) is 29.8 Å². The van der Waals surface area contributed by atoms with Crippen molar-refractivity contribution < 1.29 is 9.59 Å². The van der Waals surface area contributed by atoms with Crippen molar-refractivity contribution in [3.8, 4) is 0 Å². The molecule has 1 heterocycles. The molecule has 1 amide bonds. The second-order valence-electron chi connectivity index (χ2n) is 6.70. The highest BCUT2D eigenvalue weighted by Gasteiger charge is 2.17. The molecule has 0 aliphatic heterocycles. The number of amides is 1. The number of hydrogen-bond acceptors (Lipinski definition) is 2. The molecule has 29 heavy (non-hydrogen) atoms. The zero-order chi connectivity index (χ0) is 20.1. The molecule has 0 saturated heterocycles. The number of ketones is 1. The largest absolute Gasteiger partial charge is 0.339 e. The van der Waals surface area contributed by atoms with E-state index in [0.29, 0.717) is 29.1 Å². The molecule has 1 aromatic heterocycles. The van der Waals surface area contributed by atoms with Gasteiger partial charge in [-0.2, -0.15) is 0 Å². The van der Waals surface area contributed by atoms with E-state index in [9.17, 15) is 9.59 Å². The van der Waals surface area contributed by atoms with E-state index < -0.39 is 0 Å². The SMILES string of the molecule is O=C(c1ccccc1)c1ccccc1NC(=O)c1cccn1Cc1ccccc1. The van der Waals surface area contributed by atoms with Gasteiger partial charge in [0, 0.05) is 23.9 Å². The van der Waals surface area contributed by atoms with Crippen molar-refractivity contribution in [3.05, 3.63) is 126 Å². The standard InChI is InChI=1S/C25H20N2O2/c28-24(20-12-5-2-6-13-20)21-14-7-8-15-22(21)26-25(29)23-16-9-17-27(23)18-19-10-3-1-4-11-19/h1-17H,18H2,(H,26,29). The van der Waals surface area contributed by atoms with Crippen molar-refractivity contribution in [1.82, 2.24) is 4.57 Å². The van der Waals surface area contributed by atoms with Crippen molar-refractivity contribution in [3.63, 3.8) is 0 Å². The Hall–Kier alpha value is -3.92. The van der Waals surface area contributed by atoms with Crippen LogP contribution in [0.1, 0.15) is 32.0 Å². The normalized spacial score (nSPS) is 10.5. The molecule has 0 spiro atoms. The zero-order valence-electron chi connectivity index (χ0n) is 15.8. The van der Waals surface area contributed by atoms with Gasteiger partial charge in [0.1, 0.15) is 5.69 Å². The molecule has 0 unspecified atom stereocenters. The lowest BCUT2D eigenvalue weighted by molar-refractivity contribution is 0.101. The summed E-state index contributed by atoms with van der Waals surface area (Å²) in [6, 6.07) is 29.7. The van der Waals surface area contributed by atoms with Crippen LogP contribution >= 0.6 is 0 Å². The second kappa shape index (κ2) is 8.40. The number of nitrogens with one attached hydrogen (secondary N) is 1. The topological polar surface area (TPSA) is 51.1 Å². The summed E-state index contributed by atoms with van der Waals surface area (Å²) < 4.78 is 1.90. The van der Waals surface area contributed by atoms with Crippen LogP contribution in [0.25, 0.3) is 0 Å². The number of para-hydroxylation sites is 1. The number of anilines is 1. The van der Waals surface area contributed by atoms with Crippen LogP contribution in [0.15, 0.2) is 103 Å². The van der Waals surface area contributed by atoms with Gasteiger partial charge in [0.2, 0.25) is 0 Å². The summed E-state index contributed by atoms with van der Waals surface area (Å²) in [7, 11) is 0. The number of hydrogen-bond donors (Lipinski definition) is 1. The predicted octanol–water partition coefficient (Wildman–Crippen LogP) is 5.02. The van der Waals surface area contributed by atoms with Gasteiger partial charge in [-0.25, -0.2) is 0 Å². The van der Waals surface area contributed by atoms with Crippen molar-refractivity contribution in [2.75, 3.05) is 5.32 Å². The first kappa shape index (κ1) is 18.4. The minimum Gasteiger partial charge on any atom is -0.339 e. The summed E-state index contributed by atoms with van der Waals surface area (Å²) >= 11 is 0. The summed E-state index contributed by atoms with van der Waals surface area (Å²) in [5.41, 5.74) is 3.20. The third-order valence-electron chi connectivity index (χ3n) is 4.71. The van der Waals surface area contributed by atoms with Crippen LogP contribution in [-0.4, -0.2) is 16.3 Å². The van der Waals surface area contributed by atoms with E-state index in [1.807, 2.05) is 65.4 Å². The maximum atomic E-state index is 13.0. The monoisotopic (exact) mass is 380 g/mol. The molecule has 4 heteroatoms. The molecule has 0 aliphatic rings. The van der Waals surface area contributed by atoms with Crippen LogP contribution in [0.2, 0.25) is 0 Å². The van der Waals surface area contributed by atoms with E-state index in [1.54, 1.807) is 42.5 Å². The van der Waals surface area contributed by atoms with E-state index in [0.717, 1.165) is 5.56 Å². The zero-order valence-corrected chi connectivity index (χ0v) is 15.8. The highest BCUT2D eigenvalue weighted by atomic mass is 16.2. The summed E-state index contributed by atoms with van der Waals surface area (Å²) in [6.45, 7) is 0.598. The average Bonchev–Trinajstić information content (AvgIpc) is 3.23. The second-order valence-corrected chi connectivity index (χ2v) is 6.70. The highest BCUT2D eigenvalue weighted by Crippen LogP contribution is 2.20. The predicted molar refractivity (Wildman–Crippen MR) is 114 cm³/mol. The molecule has 142 valence electrons. The first-order chi connectivity index (χ1) is 14.2. The molecule has 4 aromatic rings. The van der Waals surface area contributed by atoms with Crippen molar-refractivity contribution in [2.24, 2.45) is 0 Å². The van der Waals surface area contributed by atoms with Crippen LogP contribution in [0.3, 0.4) is 0 Å². The van der Waals surface area contributed by atoms with Crippen molar-refractivity contribution >= 4 is 17.4 Å². The maximum Gasteiger partial charge on any atom is 0.272 e. The minimum atomic E-state index is -0.251. The van der Waals surface area contributed by atoms with Gasteiger partial charge in [0.15, 0.2) is 5.78 Å². The Labute approximate surface area is 169 Å². The summed E-state index contributed by atoms with van der Waals surface area (Å²) in [4.78, 5) is 25.8. The number of nitrogens with zero attached hydrogens (tertiary/aromatic N) is 1. The molecule has 1 N–H and O–H groups in total. The molecule has 3 aromatic carbocycles. The van der Waals surface area contributed by atoms with Gasteiger partial charge in [-0.15, -0.1) is 0 Å². The van der Waals surface area contributed by atoms with E-state index in [1.165, 1.54) is 0 Å². The quantitative estimate of drug-likeness (QED) is 0.478. The third-order valence-corrected chi connectivity index (χ3v) is 4.71. The fourth-order valence-corrected chi connectivity index (χ4v) is 3.26. The van der Waals surface area contributed by atoms with Gasteiger partial charge in [0.05, 0.1) is 5.69 Å². The van der Waals surface area contributed by atoms with Gasteiger partial charge in [-0.3, -0.25) is 9.59 Å². The lowest BCUT2D eigenvalue weighted by Crippen LogP contribution is -2.19. The van der Waals surface area contributed by atoms with Crippen molar-refractivity contribution in [2.45, 2.75) is 6.54 Å². The fraction of sp³-hybridized carbons (Fsp3) is 0.0400. The van der Waals surface area contributed by atoms with Crippen LogP contribution in [0, 0.1) is 0 Å². The Morgan fingerprint density at radius 1 is 0.724 bits per heavy atom. The van der Waals surface area contributed by atoms with Crippen molar-refractivity contribution in [1.29, 1.82) is 0 Å². The number of aromatic nitrogens is 1. The Balaban J connectivity index is 1.58. The third kappa shape index (κ3) is 4.17. The van der Waals surface area contributed by atoms with Gasteiger partial charge in [-0.1, -0.05) is 72.8 Å². The Morgan fingerprint density at radius 2 is 1.38 bits per heavy atom. The van der Waals surface area contributed by atoms with Gasteiger partial charge in [0.25, 0.3) is 5.91 Å². The smallest absolute Gasteiger partial charge is 0.272 e. The highest BCUT2D eigenvalue weighted by molar-refractivity contribution is 6.15. The molecule has 0 bridgehead atoms. The summed E-state index contributed by atoms with van der Waals surface area (Å²) in [5.74, 6) is -0.375. The molecular weight excluding hydrogens is 360 g/mol. The van der Waals surface area contributed by atoms with Crippen LogP contribution in [0.5, 0.6) is 0 Å². The Bertz CT molecular complexity index is 1130. The van der Waals surface area contributed by atoms with E-state index in [-0.39, 0.29) is 11.7 Å². The Kier molecular flexibility index (Phi) is 5.34. The fourth-order valence-electron chi connectivity index (χ4n) is 3.26.